The molecule has 0 aliphatic carbocycles. The number of anilines is 2. The van der Waals surface area contributed by atoms with Gasteiger partial charge in [0, 0.05) is 24.6 Å². The van der Waals surface area contributed by atoms with E-state index in [1.807, 2.05) is 20.8 Å². The van der Waals surface area contributed by atoms with E-state index in [-0.39, 0.29) is 30.2 Å². The van der Waals surface area contributed by atoms with Gasteiger partial charge in [0.05, 0.1) is 0 Å². The van der Waals surface area contributed by atoms with Gasteiger partial charge in [0.1, 0.15) is 5.82 Å². The lowest BCUT2D eigenvalue weighted by molar-refractivity contribution is -0.141. The van der Waals surface area contributed by atoms with Crippen LogP contribution in [0.15, 0.2) is 6.07 Å². The highest BCUT2D eigenvalue weighted by atomic mass is 19.4. The summed E-state index contributed by atoms with van der Waals surface area (Å²) >= 11 is 0. The molecular formula is C12H18F3N5O. The molecule has 0 aromatic carbocycles. The van der Waals surface area contributed by atoms with Crippen LogP contribution in [0.1, 0.15) is 32.9 Å². The zero-order chi connectivity index (χ0) is 16.3. The van der Waals surface area contributed by atoms with E-state index in [9.17, 15) is 18.0 Å². The number of carbonyl (C=O) groups excluding carboxylic acids is 1. The summed E-state index contributed by atoms with van der Waals surface area (Å²) in [5.41, 5.74) is 3.74. The van der Waals surface area contributed by atoms with E-state index in [1.54, 1.807) is 0 Å². The SMILES string of the molecule is CC(C)(C)NC(=O)CCNc1cc(C(F)(F)F)nc(N)n1. The zero-order valence-electron chi connectivity index (χ0n) is 12.0. The van der Waals surface area contributed by atoms with Crippen molar-refractivity contribution in [1.82, 2.24) is 15.3 Å². The summed E-state index contributed by atoms with van der Waals surface area (Å²) in [6.07, 6.45) is -4.50. The molecule has 0 radical (unpaired) electrons. The van der Waals surface area contributed by atoms with Gasteiger partial charge < -0.3 is 16.4 Å². The van der Waals surface area contributed by atoms with Crippen molar-refractivity contribution in [3.8, 4) is 0 Å². The van der Waals surface area contributed by atoms with Crippen molar-refractivity contribution in [1.29, 1.82) is 0 Å². The topological polar surface area (TPSA) is 92.9 Å². The van der Waals surface area contributed by atoms with Gasteiger partial charge in [0.15, 0.2) is 5.69 Å². The molecule has 118 valence electrons. The Kier molecular flexibility index (Phi) is 4.97. The number of nitrogens with one attached hydrogen (secondary N) is 2. The Morgan fingerprint density at radius 3 is 2.43 bits per heavy atom. The molecule has 21 heavy (non-hydrogen) atoms. The largest absolute Gasteiger partial charge is 0.433 e. The van der Waals surface area contributed by atoms with Crippen LogP contribution in [0.2, 0.25) is 0 Å². The van der Waals surface area contributed by atoms with Crippen LogP contribution in [-0.4, -0.2) is 28.0 Å². The van der Waals surface area contributed by atoms with Crippen molar-refractivity contribution < 1.29 is 18.0 Å². The van der Waals surface area contributed by atoms with Gasteiger partial charge in [-0.2, -0.15) is 18.2 Å². The number of hydrogen-bond acceptors (Lipinski definition) is 5. The van der Waals surface area contributed by atoms with E-state index < -0.39 is 17.8 Å². The van der Waals surface area contributed by atoms with Gasteiger partial charge in [-0.25, -0.2) is 4.98 Å². The first kappa shape index (κ1) is 17.0. The second-order valence-corrected chi connectivity index (χ2v) is 5.47. The Morgan fingerprint density at radius 2 is 1.90 bits per heavy atom. The Labute approximate surface area is 120 Å². The van der Waals surface area contributed by atoms with E-state index in [0.717, 1.165) is 6.07 Å². The maximum atomic E-state index is 12.5. The van der Waals surface area contributed by atoms with Gasteiger partial charge in [-0.05, 0) is 20.8 Å². The molecule has 1 heterocycles. The number of nitrogens with two attached hydrogens (primary N) is 1. The first-order chi connectivity index (χ1) is 9.47. The summed E-state index contributed by atoms with van der Waals surface area (Å²) in [5.74, 6) is -0.766. The lowest BCUT2D eigenvalue weighted by atomic mass is 10.1. The maximum absolute atomic E-state index is 12.5. The Bertz CT molecular complexity index is 511. The first-order valence-electron chi connectivity index (χ1n) is 6.24. The van der Waals surface area contributed by atoms with Crippen molar-refractivity contribution in [2.24, 2.45) is 0 Å². The van der Waals surface area contributed by atoms with E-state index in [1.165, 1.54) is 0 Å². The molecule has 6 nitrogen and oxygen atoms in total. The predicted molar refractivity (Wildman–Crippen MR) is 72.4 cm³/mol. The average Bonchev–Trinajstić information content (AvgIpc) is 2.24. The Morgan fingerprint density at radius 1 is 1.29 bits per heavy atom. The van der Waals surface area contributed by atoms with E-state index in [0.29, 0.717) is 0 Å². The van der Waals surface area contributed by atoms with Crippen LogP contribution >= 0.6 is 0 Å². The van der Waals surface area contributed by atoms with Crippen molar-refractivity contribution in [3.63, 3.8) is 0 Å². The Hall–Kier alpha value is -2.06. The van der Waals surface area contributed by atoms with Crippen LogP contribution < -0.4 is 16.4 Å². The molecule has 0 unspecified atom stereocenters. The fraction of sp³-hybridized carbons (Fsp3) is 0.583. The highest BCUT2D eigenvalue weighted by Crippen LogP contribution is 2.29. The minimum absolute atomic E-state index is 0.0709. The maximum Gasteiger partial charge on any atom is 0.433 e. The highest BCUT2D eigenvalue weighted by molar-refractivity contribution is 5.77. The quantitative estimate of drug-likeness (QED) is 0.788. The fourth-order valence-electron chi connectivity index (χ4n) is 1.49. The van der Waals surface area contributed by atoms with Crippen LogP contribution in [0, 0.1) is 0 Å². The number of hydrogen-bond donors (Lipinski definition) is 3. The third-order valence-corrected chi connectivity index (χ3v) is 2.21. The molecule has 1 aromatic heterocycles. The second-order valence-electron chi connectivity index (χ2n) is 5.47. The second kappa shape index (κ2) is 6.15. The van der Waals surface area contributed by atoms with Gasteiger partial charge in [-0.3, -0.25) is 4.79 Å². The molecular weight excluding hydrogens is 287 g/mol. The number of alkyl halides is 3. The molecule has 0 saturated heterocycles. The first-order valence-corrected chi connectivity index (χ1v) is 6.24. The zero-order valence-corrected chi connectivity index (χ0v) is 12.0. The minimum Gasteiger partial charge on any atom is -0.369 e. The van der Waals surface area contributed by atoms with E-state index in [2.05, 4.69) is 20.6 Å². The molecule has 0 aliphatic heterocycles. The van der Waals surface area contributed by atoms with E-state index in [4.69, 9.17) is 5.73 Å². The van der Waals surface area contributed by atoms with Gasteiger partial charge >= 0.3 is 6.18 Å². The Balaban J connectivity index is 2.60. The number of amides is 1. The number of carbonyl (C=O) groups is 1. The van der Waals surface area contributed by atoms with Gasteiger partial charge in [-0.1, -0.05) is 0 Å². The summed E-state index contributed by atoms with van der Waals surface area (Å²) in [6, 6.07) is 0.748. The summed E-state index contributed by atoms with van der Waals surface area (Å²) in [7, 11) is 0. The van der Waals surface area contributed by atoms with Gasteiger partial charge in [-0.15, -0.1) is 0 Å². The third-order valence-electron chi connectivity index (χ3n) is 2.21. The van der Waals surface area contributed by atoms with Crippen LogP contribution in [0.5, 0.6) is 0 Å². The van der Waals surface area contributed by atoms with Crippen LogP contribution in [0.3, 0.4) is 0 Å². The summed E-state index contributed by atoms with van der Waals surface area (Å²) in [5, 5.41) is 5.36. The lowest BCUT2D eigenvalue weighted by Gasteiger charge is -2.20. The normalized spacial score (nSPS) is 12.1. The van der Waals surface area contributed by atoms with Crippen molar-refractivity contribution in [2.45, 2.75) is 38.9 Å². The van der Waals surface area contributed by atoms with E-state index >= 15 is 0 Å². The number of aromatic nitrogens is 2. The standard InChI is InChI=1S/C12H18F3N5O/c1-11(2,3)20-9(21)4-5-17-8-6-7(12(13,14)15)18-10(16)19-8/h6H,4-5H2,1-3H3,(H,20,21)(H3,16,17,18,19). The predicted octanol–water partition coefficient (Wildman–Crippen LogP) is 1.79. The van der Waals surface area contributed by atoms with Crippen LogP contribution in [0.25, 0.3) is 0 Å². The molecule has 0 saturated carbocycles. The van der Waals surface area contributed by atoms with Crippen molar-refractivity contribution in [3.05, 3.63) is 11.8 Å². The molecule has 1 aromatic rings. The van der Waals surface area contributed by atoms with Gasteiger partial charge in [0.25, 0.3) is 0 Å². The van der Waals surface area contributed by atoms with Gasteiger partial charge in [0.2, 0.25) is 11.9 Å². The summed E-state index contributed by atoms with van der Waals surface area (Å²) in [4.78, 5) is 18.3. The third kappa shape index (κ3) is 6.28. The molecule has 4 N–H and O–H groups in total. The number of nitrogen functional groups attached to an aromatic ring is 1. The van der Waals surface area contributed by atoms with Crippen molar-refractivity contribution >= 4 is 17.7 Å². The monoisotopic (exact) mass is 305 g/mol. The molecule has 0 atom stereocenters. The number of rotatable bonds is 4. The average molecular weight is 305 g/mol. The van der Waals surface area contributed by atoms with Crippen molar-refractivity contribution in [2.75, 3.05) is 17.6 Å². The number of nitrogens with zero attached hydrogens (tertiary/aromatic N) is 2. The lowest BCUT2D eigenvalue weighted by Crippen LogP contribution is -2.41. The summed E-state index contributed by atoms with van der Waals surface area (Å²) in [6.45, 7) is 5.63. The fourth-order valence-corrected chi connectivity index (χ4v) is 1.49. The molecule has 1 rings (SSSR count). The van der Waals surface area contributed by atoms with Crippen LogP contribution in [0.4, 0.5) is 24.9 Å². The number of halogens is 3. The highest BCUT2D eigenvalue weighted by Gasteiger charge is 2.33. The van der Waals surface area contributed by atoms with Crippen LogP contribution in [-0.2, 0) is 11.0 Å². The smallest absolute Gasteiger partial charge is 0.369 e. The molecule has 9 heteroatoms. The molecule has 0 aliphatic rings. The molecule has 1 amide bonds. The molecule has 0 spiro atoms. The molecule has 0 fully saturated rings. The minimum atomic E-state index is -4.60. The molecule has 0 bridgehead atoms. The summed E-state index contributed by atoms with van der Waals surface area (Å²) < 4.78 is 37.6.